The highest BCUT2D eigenvalue weighted by molar-refractivity contribution is 5.83. The lowest BCUT2D eigenvalue weighted by atomic mass is 10.2. The highest BCUT2D eigenvalue weighted by Gasteiger charge is 2.20. The zero-order chi connectivity index (χ0) is 11.8. The molecule has 1 aliphatic rings. The number of aliphatic imine (C=N–C) groups is 1. The zero-order valence-electron chi connectivity index (χ0n) is 10.8. The van der Waals surface area contributed by atoms with Crippen molar-refractivity contribution in [2.24, 2.45) is 4.99 Å². The summed E-state index contributed by atoms with van der Waals surface area (Å²) < 4.78 is 0. The molecule has 0 aromatic rings. The van der Waals surface area contributed by atoms with E-state index in [0.717, 1.165) is 25.5 Å². The lowest BCUT2D eigenvalue weighted by Gasteiger charge is -2.13. The summed E-state index contributed by atoms with van der Waals surface area (Å²) in [4.78, 5) is 8.44. The minimum absolute atomic E-state index is 0.977. The topological polar surface area (TPSA) is 18.8 Å². The van der Waals surface area contributed by atoms with Gasteiger partial charge < -0.3 is 4.90 Å². The number of nitrogens with zero attached hydrogens (tertiary/aromatic N) is 3. The molecule has 3 nitrogen and oxygen atoms in total. The second-order valence-corrected chi connectivity index (χ2v) is 4.20. The van der Waals surface area contributed by atoms with Crippen LogP contribution < -0.4 is 0 Å². The van der Waals surface area contributed by atoms with Gasteiger partial charge in [0, 0.05) is 33.1 Å². The van der Waals surface area contributed by atoms with Crippen molar-refractivity contribution < 1.29 is 0 Å². The van der Waals surface area contributed by atoms with Crippen molar-refractivity contribution in [3.63, 3.8) is 0 Å². The predicted molar refractivity (Wildman–Crippen MR) is 69.2 cm³/mol. The Labute approximate surface area is 99.5 Å². The van der Waals surface area contributed by atoms with Crippen LogP contribution in [0.15, 0.2) is 4.99 Å². The van der Waals surface area contributed by atoms with E-state index < -0.39 is 0 Å². The minimum Gasteiger partial charge on any atom is -0.343 e. The third-order valence-electron chi connectivity index (χ3n) is 2.81. The molecule has 0 saturated carbocycles. The molecule has 0 spiro atoms. The van der Waals surface area contributed by atoms with E-state index in [1.807, 2.05) is 7.05 Å². The molecule has 0 bridgehead atoms. The number of guanidine groups is 1. The van der Waals surface area contributed by atoms with Crippen LogP contribution in [0, 0.1) is 12.0 Å². The molecule has 0 aliphatic carbocycles. The number of rotatable bonds is 4. The SMILES string of the molecule is CCCCCCC#CN1CCN(C)/C1=N\C. The molecule has 1 aliphatic heterocycles. The van der Waals surface area contributed by atoms with Gasteiger partial charge in [-0.2, -0.15) is 0 Å². The van der Waals surface area contributed by atoms with Crippen LogP contribution in [0.25, 0.3) is 0 Å². The second-order valence-electron chi connectivity index (χ2n) is 4.20. The van der Waals surface area contributed by atoms with Gasteiger partial charge in [-0.05, 0) is 6.42 Å². The Bertz CT molecular complexity index is 285. The van der Waals surface area contributed by atoms with Gasteiger partial charge in [-0.25, -0.2) is 0 Å². The number of hydrogen-bond acceptors (Lipinski definition) is 1. The van der Waals surface area contributed by atoms with Gasteiger partial charge in [0.2, 0.25) is 5.96 Å². The first-order valence-electron chi connectivity index (χ1n) is 6.23. The van der Waals surface area contributed by atoms with E-state index in [-0.39, 0.29) is 0 Å². The van der Waals surface area contributed by atoms with E-state index in [2.05, 4.69) is 40.7 Å². The maximum atomic E-state index is 4.24. The molecule has 0 radical (unpaired) electrons. The van der Waals surface area contributed by atoms with E-state index in [4.69, 9.17) is 0 Å². The third-order valence-corrected chi connectivity index (χ3v) is 2.81. The zero-order valence-corrected chi connectivity index (χ0v) is 10.8. The molecule has 0 unspecified atom stereocenters. The van der Waals surface area contributed by atoms with Crippen LogP contribution in [0.1, 0.15) is 39.0 Å². The fraction of sp³-hybridized carbons (Fsp3) is 0.769. The Kier molecular flexibility index (Phi) is 5.77. The summed E-state index contributed by atoms with van der Waals surface area (Å²) in [6, 6.07) is 3.20. The number of unbranched alkanes of at least 4 members (excludes halogenated alkanes) is 4. The summed E-state index contributed by atoms with van der Waals surface area (Å²) in [5.74, 6) is 4.24. The van der Waals surface area contributed by atoms with E-state index in [9.17, 15) is 0 Å². The van der Waals surface area contributed by atoms with Gasteiger partial charge in [0.25, 0.3) is 0 Å². The summed E-state index contributed by atoms with van der Waals surface area (Å²) in [6.45, 7) is 4.23. The van der Waals surface area contributed by atoms with Crippen molar-refractivity contribution in [1.29, 1.82) is 0 Å². The van der Waals surface area contributed by atoms with Gasteiger partial charge in [0.1, 0.15) is 0 Å². The van der Waals surface area contributed by atoms with Crippen molar-refractivity contribution >= 4 is 5.96 Å². The minimum atomic E-state index is 0.977. The van der Waals surface area contributed by atoms with Crippen molar-refractivity contribution in [1.82, 2.24) is 9.80 Å². The highest BCUT2D eigenvalue weighted by atomic mass is 15.4. The van der Waals surface area contributed by atoms with Gasteiger partial charge in [-0.15, -0.1) is 0 Å². The fourth-order valence-corrected chi connectivity index (χ4v) is 1.84. The van der Waals surface area contributed by atoms with E-state index >= 15 is 0 Å². The fourth-order valence-electron chi connectivity index (χ4n) is 1.84. The molecular formula is C13H23N3. The lowest BCUT2D eigenvalue weighted by Crippen LogP contribution is -2.27. The monoisotopic (exact) mass is 221 g/mol. The number of likely N-dealkylation sites (N-methyl/N-ethyl adjacent to an activating group) is 1. The predicted octanol–water partition coefficient (Wildman–Crippen LogP) is 2.15. The van der Waals surface area contributed by atoms with Gasteiger partial charge in [0.15, 0.2) is 0 Å². The van der Waals surface area contributed by atoms with Crippen LogP contribution in [0.4, 0.5) is 0 Å². The van der Waals surface area contributed by atoms with E-state index in [0.29, 0.717) is 0 Å². The molecule has 1 rings (SSSR count). The van der Waals surface area contributed by atoms with Crippen LogP contribution >= 0.6 is 0 Å². The summed E-state index contributed by atoms with van der Waals surface area (Å²) in [7, 11) is 3.89. The Hall–Kier alpha value is -1.17. The molecule has 0 N–H and O–H groups in total. The average Bonchev–Trinajstić information content (AvgIpc) is 2.64. The largest absolute Gasteiger partial charge is 0.343 e. The normalized spacial score (nSPS) is 17.8. The Morgan fingerprint density at radius 2 is 2.06 bits per heavy atom. The third kappa shape index (κ3) is 3.77. The van der Waals surface area contributed by atoms with Crippen molar-refractivity contribution in [3.8, 4) is 12.0 Å². The highest BCUT2D eigenvalue weighted by Crippen LogP contribution is 2.05. The Morgan fingerprint density at radius 1 is 1.25 bits per heavy atom. The molecule has 16 heavy (non-hydrogen) atoms. The summed E-state index contributed by atoms with van der Waals surface area (Å²) in [5.41, 5.74) is 0. The van der Waals surface area contributed by atoms with Crippen LogP contribution in [0.2, 0.25) is 0 Å². The summed E-state index contributed by atoms with van der Waals surface area (Å²) >= 11 is 0. The average molecular weight is 221 g/mol. The molecule has 1 saturated heterocycles. The van der Waals surface area contributed by atoms with Crippen molar-refractivity contribution in [2.75, 3.05) is 27.2 Å². The Morgan fingerprint density at radius 3 is 2.75 bits per heavy atom. The van der Waals surface area contributed by atoms with Crippen LogP contribution in [-0.2, 0) is 0 Å². The molecule has 0 amide bonds. The standard InChI is InChI=1S/C13H23N3/c1-4-5-6-7-8-9-10-16-12-11-15(3)13(16)14-2/h4-8,11-12H2,1-3H3/b14-13+. The maximum absolute atomic E-state index is 4.24. The second kappa shape index (κ2) is 7.16. The van der Waals surface area contributed by atoms with Crippen LogP contribution in [0.3, 0.4) is 0 Å². The van der Waals surface area contributed by atoms with Crippen LogP contribution in [0.5, 0.6) is 0 Å². The van der Waals surface area contributed by atoms with Gasteiger partial charge in [0.05, 0.1) is 6.54 Å². The molecule has 90 valence electrons. The molecule has 1 fully saturated rings. The van der Waals surface area contributed by atoms with Crippen molar-refractivity contribution in [2.45, 2.75) is 39.0 Å². The maximum Gasteiger partial charge on any atom is 0.208 e. The molecule has 1 heterocycles. The van der Waals surface area contributed by atoms with Gasteiger partial charge in [-0.1, -0.05) is 32.1 Å². The molecule has 0 aromatic heterocycles. The van der Waals surface area contributed by atoms with Gasteiger partial charge >= 0.3 is 0 Å². The first-order valence-corrected chi connectivity index (χ1v) is 6.23. The summed E-state index contributed by atoms with van der Waals surface area (Å²) in [6.07, 6.45) is 6.16. The van der Waals surface area contributed by atoms with Crippen LogP contribution in [-0.4, -0.2) is 42.9 Å². The molecule has 0 atom stereocenters. The Balaban J connectivity index is 2.29. The van der Waals surface area contributed by atoms with Crippen molar-refractivity contribution in [3.05, 3.63) is 0 Å². The summed E-state index contributed by atoms with van der Waals surface area (Å²) in [5, 5.41) is 0. The van der Waals surface area contributed by atoms with E-state index in [1.54, 1.807) is 0 Å². The molecule has 0 aromatic carbocycles. The molecule has 3 heteroatoms. The molecular weight excluding hydrogens is 198 g/mol. The lowest BCUT2D eigenvalue weighted by molar-refractivity contribution is 0.561. The first kappa shape index (κ1) is 12.9. The quantitative estimate of drug-likeness (QED) is 0.535. The van der Waals surface area contributed by atoms with E-state index in [1.165, 1.54) is 25.7 Å². The smallest absolute Gasteiger partial charge is 0.208 e. The number of hydrogen-bond donors (Lipinski definition) is 0. The first-order chi connectivity index (χ1) is 7.79. The van der Waals surface area contributed by atoms with Gasteiger partial charge in [-0.3, -0.25) is 9.89 Å².